The Kier molecular flexibility index (Phi) is 7.82. The Bertz CT molecular complexity index is 858. The second-order valence-corrected chi connectivity index (χ2v) is 12.8. The van der Waals surface area contributed by atoms with E-state index in [2.05, 4.69) is 5.32 Å². The second-order valence-electron chi connectivity index (χ2n) is 12.8. The molecule has 3 aliphatic rings. The maximum Gasteiger partial charge on any atom is 0.457 e. The van der Waals surface area contributed by atoms with Crippen molar-refractivity contribution < 1.29 is 33.5 Å². The van der Waals surface area contributed by atoms with Gasteiger partial charge in [-0.25, -0.2) is 4.79 Å². The molecule has 10 nitrogen and oxygen atoms in total. The molecule has 4 N–H and O–H groups in total. The summed E-state index contributed by atoms with van der Waals surface area (Å²) in [7, 11) is -0.342. The predicted molar refractivity (Wildman–Crippen MR) is 135 cm³/mol. The number of likely N-dealkylation sites (tertiary alicyclic amines) is 1. The van der Waals surface area contributed by atoms with E-state index in [0.29, 0.717) is 38.7 Å². The number of rotatable bonds is 7. The zero-order valence-corrected chi connectivity index (χ0v) is 23.1. The summed E-state index contributed by atoms with van der Waals surface area (Å²) in [5.74, 6) is -1.47. The smallest absolute Gasteiger partial charge is 0.457 e. The van der Waals surface area contributed by atoms with Gasteiger partial charge in [0.2, 0.25) is 5.91 Å². The molecule has 0 aromatic heterocycles. The van der Waals surface area contributed by atoms with E-state index >= 15 is 0 Å². The molecule has 2 heterocycles. The number of aliphatic carboxylic acids is 1. The highest BCUT2D eigenvalue weighted by Gasteiger charge is 2.59. The molecular formula is C25H44BN3O7. The topological polar surface area (TPSA) is 140 Å². The number of carbonyl (C=O) groups is 3. The van der Waals surface area contributed by atoms with E-state index < -0.39 is 40.4 Å². The van der Waals surface area contributed by atoms with E-state index in [0.717, 1.165) is 0 Å². The molecule has 0 aromatic rings. The van der Waals surface area contributed by atoms with Crippen LogP contribution in [0.25, 0.3) is 0 Å². The summed E-state index contributed by atoms with van der Waals surface area (Å²) in [5.41, 5.74) is 3.68. The standard InChI is InChI=1S/C25H44BN3O7/c1-15(28-21(33)34-22(2,3)4)19(30)29-13-16-12-25(27,20(31)32)18(17(16)14-29)10-9-11-26-35-23(5,6)24(7,8)36-26/h15-18H,9-14,27H2,1-8H3,(H,28,33)(H,31,32)/t15-,16-,17+,18-,25-/m0/s1. The fraction of sp³-hybridized carbons (Fsp3) is 0.880. The van der Waals surface area contributed by atoms with E-state index in [1.165, 1.54) is 0 Å². The number of hydrogen-bond acceptors (Lipinski definition) is 7. The number of nitrogens with zero attached hydrogens (tertiary/aromatic N) is 1. The number of hydrogen-bond donors (Lipinski definition) is 3. The summed E-state index contributed by atoms with van der Waals surface area (Å²) >= 11 is 0. The number of ether oxygens (including phenoxy) is 1. The summed E-state index contributed by atoms with van der Waals surface area (Å²) < 4.78 is 17.4. The minimum absolute atomic E-state index is 0.00521. The van der Waals surface area contributed by atoms with Gasteiger partial charge in [-0.3, -0.25) is 9.59 Å². The highest BCUT2D eigenvalue weighted by Crippen LogP contribution is 2.50. The largest absolute Gasteiger partial charge is 0.480 e. The van der Waals surface area contributed by atoms with Crippen LogP contribution in [0.15, 0.2) is 0 Å². The van der Waals surface area contributed by atoms with Gasteiger partial charge in [0, 0.05) is 13.1 Å². The molecule has 3 fully saturated rings. The van der Waals surface area contributed by atoms with Crippen molar-refractivity contribution in [3.63, 3.8) is 0 Å². The zero-order chi connectivity index (χ0) is 27.3. The van der Waals surface area contributed by atoms with Crippen LogP contribution in [-0.4, -0.2) is 76.6 Å². The maximum absolute atomic E-state index is 13.1. The van der Waals surface area contributed by atoms with Gasteiger partial charge < -0.3 is 35.1 Å². The van der Waals surface area contributed by atoms with Crippen molar-refractivity contribution in [3.8, 4) is 0 Å². The fourth-order valence-corrected chi connectivity index (χ4v) is 5.84. The molecule has 2 aliphatic heterocycles. The summed E-state index contributed by atoms with van der Waals surface area (Å²) in [4.78, 5) is 39.1. The Hall–Kier alpha value is -1.85. The highest BCUT2D eigenvalue weighted by atomic mass is 16.7. The van der Waals surface area contributed by atoms with E-state index in [9.17, 15) is 19.5 Å². The van der Waals surface area contributed by atoms with Gasteiger partial charge in [-0.1, -0.05) is 6.42 Å². The summed E-state index contributed by atoms with van der Waals surface area (Å²) in [5, 5.41) is 12.6. The third-order valence-corrected chi connectivity index (χ3v) is 8.34. The molecule has 0 aromatic carbocycles. The van der Waals surface area contributed by atoms with Crippen LogP contribution in [0.1, 0.15) is 74.7 Å². The van der Waals surface area contributed by atoms with Gasteiger partial charge in [0.1, 0.15) is 17.2 Å². The Balaban J connectivity index is 1.60. The first kappa shape index (κ1) is 28.7. The van der Waals surface area contributed by atoms with E-state index in [1.54, 1.807) is 32.6 Å². The molecule has 36 heavy (non-hydrogen) atoms. The van der Waals surface area contributed by atoms with E-state index in [-0.39, 0.29) is 30.8 Å². The van der Waals surface area contributed by atoms with Crippen molar-refractivity contribution in [1.82, 2.24) is 10.2 Å². The molecule has 0 bridgehead atoms. The van der Waals surface area contributed by atoms with Crippen LogP contribution in [0.2, 0.25) is 6.32 Å². The lowest BCUT2D eigenvalue weighted by Crippen LogP contribution is -2.54. The molecule has 0 radical (unpaired) electrons. The number of amides is 2. The van der Waals surface area contributed by atoms with Gasteiger partial charge in [-0.05, 0) is 92.3 Å². The number of nitrogens with two attached hydrogens (primary N) is 1. The van der Waals surface area contributed by atoms with Crippen LogP contribution in [0.5, 0.6) is 0 Å². The lowest BCUT2D eigenvalue weighted by atomic mass is 9.75. The molecule has 2 amide bonds. The molecule has 0 spiro atoms. The van der Waals surface area contributed by atoms with Crippen LogP contribution in [0, 0.1) is 17.8 Å². The average molecular weight is 509 g/mol. The normalized spacial score (nSPS) is 31.8. The SMILES string of the molecule is C[C@H](NC(=O)OC(C)(C)C)C(=O)N1C[C@@H]2C[C@@](N)(C(=O)O)[C@@H](CCCB3OC(C)(C)C(C)(C)O3)[C@@H]2C1. The number of fused-ring (bicyclic) bond motifs is 1. The Morgan fingerprint density at radius 2 is 1.75 bits per heavy atom. The molecule has 204 valence electrons. The Labute approximate surface area is 215 Å². The van der Waals surface area contributed by atoms with Gasteiger partial charge in [0.05, 0.1) is 11.2 Å². The van der Waals surface area contributed by atoms with Crippen molar-refractivity contribution in [3.05, 3.63) is 0 Å². The molecule has 3 rings (SSSR count). The minimum Gasteiger partial charge on any atom is -0.480 e. The van der Waals surface area contributed by atoms with Gasteiger partial charge in [0.15, 0.2) is 0 Å². The molecule has 5 atom stereocenters. The average Bonchev–Trinajstić information content (AvgIpc) is 3.28. The van der Waals surface area contributed by atoms with Crippen molar-refractivity contribution >= 4 is 25.1 Å². The first-order valence-corrected chi connectivity index (χ1v) is 13.0. The van der Waals surface area contributed by atoms with Gasteiger partial charge in [-0.2, -0.15) is 0 Å². The van der Waals surface area contributed by atoms with Crippen molar-refractivity contribution in [2.24, 2.45) is 23.5 Å². The lowest BCUT2D eigenvalue weighted by Gasteiger charge is -2.32. The van der Waals surface area contributed by atoms with Crippen molar-refractivity contribution in [1.29, 1.82) is 0 Å². The zero-order valence-electron chi connectivity index (χ0n) is 23.1. The quantitative estimate of drug-likeness (QED) is 0.445. The fourth-order valence-electron chi connectivity index (χ4n) is 5.84. The lowest BCUT2D eigenvalue weighted by molar-refractivity contribution is -0.145. The first-order chi connectivity index (χ1) is 16.4. The maximum atomic E-state index is 13.1. The van der Waals surface area contributed by atoms with Crippen LogP contribution >= 0.6 is 0 Å². The molecular weight excluding hydrogens is 465 g/mol. The molecule has 11 heteroatoms. The number of alkyl carbamates (subject to hydrolysis) is 1. The summed E-state index contributed by atoms with van der Waals surface area (Å²) in [6, 6.07) is -0.748. The van der Waals surface area contributed by atoms with E-state index in [1.807, 2.05) is 27.7 Å². The van der Waals surface area contributed by atoms with Gasteiger partial charge >= 0.3 is 19.2 Å². The van der Waals surface area contributed by atoms with Crippen LogP contribution in [0.3, 0.4) is 0 Å². The van der Waals surface area contributed by atoms with Gasteiger partial charge in [-0.15, -0.1) is 0 Å². The van der Waals surface area contributed by atoms with Crippen molar-refractivity contribution in [2.75, 3.05) is 13.1 Å². The molecule has 0 unspecified atom stereocenters. The number of carboxylic acids is 1. The third kappa shape index (κ3) is 5.83. The van der Waals surface area contributed by atoms with Crippen LogP contribution < -0.4 is 11.1 Å². The number of carbonyl (C=O) groups excluding carboxylic acids is 2. The molecule has 2 saturated heterocycles. The van der Waals surface area contributed by atoms with Crippen LogP contribution in [0.4, 0.5) is 4.79 Å². The summed E-state index contributed by atoms with van der Waals surface area (Å²) in [6.07, 6.45) is 1.65. The van der Waals surface area contributed by atoms with Crippen LogP contribution in [-0.2, 0) is 23.6 Å². The monoisotopic (exact) mass is 509 g/mol. The minimum atomic E-state index is -1.32. The first-order valence-electron chi connectivity index (χ1n) is 13.0. The molecule has 1 aliphatic carbocycles. The predicted octanol–water partition coefficient (Wildman–Crippen LogP) is 2.65. The Morgan fingerprint density at radius 3 is 2.28 bits per heavy atom. The number of carboxylic acid groups (broad SMARTS) is 1. The summed E-state index contributed by atoms with van der Waals surface area (Å²) in [6.45, 7) is 15.8. The van der Waals surface area contributed by atoms with E-state index in [4.69, 9.17) is 19.8 Å². The number of nitrogens with one attached hydrogen (secondary N) is 1. The van der Waals surface area contributed by atoms with Gasteiger partial charge in [0.25, 0.3) is 0 Å². The van der Waals surface area contributed by atoms with Crippen molar-refractivity contribution in [2.45, 2.75) is 109 Å². The Morgan fingerprint density at radius 1 is 1.17 bits per heavy atom. The second kappa shape index (κ2) is 9.80. The molecule has 1 saturated carbocycles. The highest BCUT2D eigenvalue weighted by molar-refractivity contribution is 6.45. The third-order valence-electron chi connectivity index (χ3n) is 8.34.